The van der Waals surface area contributed by atoms with Gasteiger partial charge in [-0.3, -0.25) is 4.98 Å². The predicted octanol–water partition coefficient (Wildman–Crippen LogP) is 1.98. The summed E-state index contributed by atoms with van der Waals surface area (Å²) >= 11 is 0. The molecule has 1 fully saturated rings. The fourth-order valence-corrected chi connectivity index (χ4v) is 2.49. The first kappa shape index (κ1) is 8.18. The topological polar surface area (TPSA) is 24.9 Å². The van der Waals surface area contributed by atoms with Gasteiger partial charge in [-0.25, -0.2) is 0 Å². The monoisotopic (exact) mass is 186 g/mol. The summed E-state index contributed by atoms with van der Waals surface area (Å²) in [7, 11) is 0. The van der Waals surface area contributed by atoms with Crippen LogP contribution < -0.4 is 5.32 Å². The Labute approximate surface area is 84.1 Å². The maximum Gasteiger partial charge on any atom is 0.0582 e. The van der Waals surface area contributed by atoms with Crippen LogP contribution in [0.15, 0.2) is 30.4 Å². The lowest BCUT2D eigenvalue weighted by Gasteiger charge is -2.19. The number of nitrogens with one attached hydrogen (secondary N) is 1. The molecule has 0 saturated carbocycles. The largest absolute Gasteiger partial charge is 0.302 e. The van der Waals surface area contributed by atoms with Crippen LogP contribution in [0.2, 0.25) is 0 Å². The Morgan fingerprint density at radius 2 is 2.29 bits per heavy atom. The maximum atomic E-state index is 4.58. The number of rotatable bonds is 1. The van der Waals surface area contributed by atoms with Crippen molar-refractivity contribution in [3.05, 3.63) is 41.7 Å². The van der Waals surface area contributed by atoms with E-state index >= 15 is 0 Å². The number of hydrogen-bond donors (Lipinski definition) is 1. The molecule has 3 rings (SSSR count). The standard InChI is InChI=1S/C12H14N2/c1-8-3-2-4-11(13-8)12-9-5-6-10(7-9)14-12/h2-6,9-10,12,14H,7H2,1H3. The van der Waals surface area contributed by atoms with E-state index in [-0.39, 0.29) is 0 Å². The number of nitrogens with zero attached hydrogens (tertiary/aromatic N) is 1. The predicted molar refractivity (Wildman–Crippen MR) is 55.9 cm³/mol. The van der Waals surface area contributed by atoms with Gasteiger partial charge in [0.1, 0.15) is 0 Å². The van der Waals surface area contributed by atoms with E-state index < -0.39 is 0 Å². The molecule has 1 aromatic heterocycles. The van der Waals surface area contributed by atoms with Crippen LogP contribution >= 0.6 is 0 Å². The third kappa shape index (κ3) is 1.18. The van der Waals surface area contributed by atoms with Gasteiger partial charge in [0, 0.05) is 11.7 Å². The Kier molecular flexibility index (Phi) is 1.71. The molecule has 72 valence electrons. The van der Waals surface area contributed by atoms with Crippen LogP contribution in [0.1, 0.15) is 23.9 Å². The lowest BCUT2D eigenvalue weighted by Crippen LogP contribution is -2.26. The van der Waals surface area contributed by atoms with E-state index in [0.717, 1.165) is 5.69 Å². The minimum atomic E-state index is 0.449. The molecule has 2 bridgehead atoms. The summed E-state index contributed by atoms with van der Waals surface area (Å²) in [5.74, 6) is 0.661. The van der Waals surface area contributed by atoms with Crippen molar-refractivity contribution in [3.8, 4) is 0 Å². The molecule has 0 amide bonds. The Morgan fingerprint density at radius 1 is 1.36 bits per heavy atom. The zero-order valence-electron chi connectivity index (χ0n) is 8.27. The van der Waals surface area contributed by atoms with Gasteiger partial charge in [0.25, 0.3) is 0 Å². The summed E-state index contributed by atoms with van der Waals surface area (Å²) in [5, 5.41) is 3.58. The SMILES string of the molecule is Cc1cccc(C2NC3C=CC2C3)n1. The van der Waals surface area contributed by atoms with Crippen LogP contribution in [-0.2, 0) is 0 Å². The molecule has 2 heterocycles. The molecule has 2 nitrogen and oxygen atoms in total. The summed E-state index contributed by atoms with van der Waals surface area (Å²) in [5.41, 5.74) is 2.30. The average molecular weight is 186 g/mol. The van der Waals surface area contributed by atoms with Crippen molar-refractivity contribution in [2.24, 2.45) is 5.92 Å². The van der Waals surface area contributed by atoms with Crippen LogP contribution in [0.5, 0.6) is 0 Å². The number of pyridine rings is 1. The van der Waals surface area contributed by atoms with Crippen LogP contribution in [0.25, 0.3) is 0 Å². The first-order valence-corrected chi connectivity index (χ1v) is 5.21. The number of hydrogen-bond acceptors (Lipinski definition) is 2. The molecule has 2 aliphatic rings. The van der Waals surface area contributed by atoms with E-state index in [1.165, 1.54) is 12.1 Å². The molecule has 1 aromatic rings. The molecule has 3 atom stereocenters. The molecule has 14 heavy (non-hydrogen) atoms. The Morgan fingerprint density at radius 3 is 2.93 bits per heavy atom. The zero-order chi connectivity index (χ0) is 9.54. The number of aromatic nitrogens is 1. The van der Waals surface area contributed by atoms with Crippen LogP contribution in [0, 0.1) is 12.8 Å². The van der Waals surface area contributed by atoms with Crippen molar-refractivity contribution < 1.29 is 0 Å². The van der Waals surface area contributed by atoms with E-state index in [1.54, 1.807) is 0 Å². The molecular formula is C12H14N2. The Hall–Kier alpha value is -1.15. The molecular weight excluding hydrogens is 172 g/mol. The van der Waals surface area contributed by atoms with E-state index in [9.17, 15) is 0 Å². The van der Waals surface area contributed by atoms with E-state index in [4.69, 9.17) is 0 Å². The van der Waals surface area contributed by atoms with Crippen LogP contribution in [-0.4, -0.2) is 11.0 Å². The smallest absolute Gasteiger partial charge is 0.0582 e. The van der Waals surface area contributed by atoms with Crippen molar-refractivity contribution in [1.82, 2.24) is 10.3 Å². The lowest BCUT2D eigenvalue weighted by atomic mass is 9.99. The second kappa shape index (κ2) is 2.92. The Bertz CT molecular complexity index is 384. The van der Waals surface area contributed by atoms with Crippen molar-refractivity contribution in [3.63, 3.8) is 0 Å². The second-order valence-corrected chi connectivity index (χ2v) is 4.24. The Balaban J connectivity index is 1.93. The van der Waals surface area contributed by atoms with E-state index in [0.29, 0.717) is 18.0 Å². The highest BCUT2D eigenvalue weighted by molar-refractivity contribution is 5.24. The fraction of sp³-hybridized carbons (Fsp3) is 0.417. The molecule has 1 aliphatic heterocycles. The van der Waals surface area contributed by atoms with Gasteiger partial charge in [-0.15, -0.1) is 0 Å². The molecule has 1 saturated heterocycles. The minimum Gasteiger partial charge on any atom is -0.302 e. The molecule has 1 N–H and O–H groups in total. The molecule has 1 aliphatic carbocycles. The highest BCUT2D eigenvalue weighted by Gasteiger charge is 2.36. The van der Waals surface area contributed by atoms with Gasteiger partial charge < -0.3 is 5.32 Å². The summed E-state index contributed by atoms with van der Waals surface area (Å²) in [6.45, 7) is 2.05. The maximum absolute atomic E-state index is 4.58. The summed E-state index contributed by atoms with van der Waals surface area (Å²) in [6.07, 6.45) is 5.85. The van der Waals surface area contributed by atoms with Crippen molar-refractivity contribution >= 4 is 0 Å². The number of fused-ring (bicyclic) bond motifs is 2. The van der Waals surface area contributed by atoms with Gasteiger partial charge in [-0.2, -0.15) is 0 Å². The summed E-state index contributed by atoms with van der Waals surface area (Å²) in [6, 6.07) is 7.30. The average Bonchev–Trinajstić information content (AvgIpc) is 2.78. The third-order valence-corrected chi connectivity index (χ3v) is 3.17. The van der Waals surface area contributed by atoms with Gasteiger partial charge in [0.05, 0.1) is 11.7 Å². The summed E-state index contributed by atoms with van der Waals surface area (Å²) in [4.78, 5) is 4.58. The van der Waals surface area contributed by atoms with Crippen molar-refractivity contribution in [1.29, 1.82) is 0 Å². The highest BCUT2D eigenvalue weighted by atomic mass is 15.0. The van der Waals surface area contributed by atoms with Crippen LogP contribution in [0.3, 0.4) is 0 Å². The summed E-state index contributed by atoms with van der Waals surface area (Å²) < 4.78 is 0. The van der Waals surface area contributed by atoms with E-state index in [1.807, 2.05) is 13.0 Å². The lowest BCUT2D eigenvalue weighted by molar-refractivity contribution is 0.517. The number of aryl methyl sites for hydroxylation is 1. The van der Waals surface area contributed by atoms with E-state index in [2.05, 4.69) is 34.6 Å². The molecule has 2 heteroatoms. The zero-order valence-corrected chi connectivity index (χ0v) is 8.27. The molecule has 3 unspecified atom stereocenters. The van der Waals surface area contributed by atoms with Crippen molar-refractivity contribution in [2.75, 3.05) is 0 Å². The molecule has 0 spiro atoms. The minimum absolute atomic E-state index is 0.449. The molecule has 0 aromatic carbocycles. The van der Waals surface area contributed by atoms with Gasteiger partial charge in [-0.1, -0.05) is 18.2 Å². The van der Waals surface area contributed by atoms with Gasteiger partial charge in [0.2, 0.25) is 0 Å². The highest BCUT2D eigenvalue weighted by Crippen LogP contribution is 2.37. The van der Waals surface area contributed by atoms with Crippen molar-refractivity contribution in [2.45, 2.75) is 25.4 Å². The normalized spacial score (nSPS) is 33.9. The van der Waals surface area contributed by atoms with Crippen LogP contribution in [0.4, 0.5) is 0 Å². The third-order valence-electron chi connectivity index (χ3n) is 3.17. The first-order valence-electron chi connectivity index (χ1n) is 5.21. The molecule has 0 radical (unpaired) electrons. The van der Waals surface area contributed by atoms with Gasteiger partial charge in [-0.05, 0) is 31.4 Å². The first-order chi connectivity index (χ1) is 6.83. The van der Waals surface area contributed by atoms with Gasteiger partial charge in [0.15, 0.2) is 0 Å². The second-order valence-electron chi connectivity index (χ2n) is 4.24. The fourth-order valence-electron chi connectivity index (χ4n) is 2.49. The quantitative estimate of drug-likeness (QED) is 0.678. The van der Waals surface area contributed by atoms with Gasteiger partial charge >= 0.3 is 0 Å².